The summed E-state index contributed by atoms with van der Waals surface area (Å²) in [5.74, 6) is -0.605. The second kappa shape index (κ2) is 12.1. The molecule has 0 aromatic heterocycles. The average molecular weight is 493 g/mol. The molecule has 1 aliphatic rings. The fraction of sp³-hybridized carbons (Fsp3) is 0.188. The third kappa shape index (κ3) is 6.12. The summed E-state index contributed by atoms with van der Waals surface area (Å²) in [5, 5.41) is 11.9. The van der Waals surface area contributed by atoms with Gasteiger partial charge in [-0.25, -0.2) is 0 Å². The first-order valence-electron chi connectivity index (χ1n) is 12.7. The predicted molar refractivity (Wildman–Crippen MR) is 155 cm³/mol. The molecule has 4 rings (SSSR count). The molecule has 0 saturated heterocycles. The lowest BCUT2D eigenvalue weighted by atomic mass is 9.73. The maximum absolute atomic E-state index is 14.1. The summed E-state index contributed by atoms with van der Waals surface area (Å²) in [4.78, 5) is 0. The number of hydrogen-bond donors (Lipinski definition) is 3. The van der Waals surface area contributed by atoms with Crippen LogP contribution in [-0.4, -0.2) is 11.7 Å². The first kappa shape index (κ1) is 25.8. The van der Waals surface area contributed by atoms with Crippen LogP contribution in [0.4, 0.5) is 10.1 Å². The molecule has 0 heterocycles. The van der Waals surface area contributed by atoms with Crippen molar-refractivity contribution in [2.45, 2.75) is 32.6 Å². The van der Waals surface area contributed by atoms with E-state index in [2.05, 4.69) is 72.6 Å². The van der Waals surface area contributed by atoms with Gasteiger partial charge in [0, 0.05) is 11.9 Å². The minimum atomic E-state index is -1.02. The summed E-state index contributed by atoms with van der Waals surface area (Å²) in [6, 6.07) is 24.1. The molecule has 4 N–H and O–H groups in total. The average Bonchev–Trinajstić information content (AvgIpc) is 2.89. The SMILES string of the molecule is C=CN/N=C(/C=C/c1ccc(/C(=C(\c2ccccc2)C2CCC2)c2ccc(N)c(C(=N)F)c2)cc1)CC. The van der Waals surface area contributed by atoms with E-state index in [1.165, 1.54) is 17.6 Å². The molecule has 3 aromatic rings. The van der Waals surface area contributed by atoms with Gasteiger partial charge in [-0.2, -0.15) is 9.49 Å². The van der Waals surface area contributed by atoms with Gasteiger partial charge in [-0.05, 0) is 76.8 Å². The lowest BCUT2D eigenvalue weighted by molar-refractivity contribution is 0.401. The Hall–Kier alpha value is -4.25. The summed E-state index contributed by atoms with van der Waals surface area (Å²) in [5.41, 5.74) is 16.5. The number of nitrogens with zero attached hydrogens (tertiary/aromatic N) is 1. The molecule has 3 aromatic carbocycles. The van der Waals surface area contributed by atoms with E-state index < -0.39 is 5.97 Å². The zero-order valence-corrected chi connectivity index (χ0v) is 21.2. The molecule has 1 saturated carbocycles. The van der Waals surface area contributed by atoms with E-state index in [9.17, 15) is 4.39 Å². The highest BCUT2D eigenvalue weighted by atomic mass is 19.1. The highest BCUT2D eigenvalue weighted by molar-refractivity contribution is 6.03. The number of hydrogen-bond acceptors (Lipinski definition) is 4. The molecule has 1 fully saturated rings. The Bertz CT molecular complexity index is 1350. The first-order valence-corrected chi connectivity index (χ1v) is 12.7. The third-order valence-electron chi connectivity index (χ3n) is 6.78. The number of nitrogens with one attached hydrogen (secondary N) is 2. The van der Waals surface area contributed by atoms with Crippen LogP contribution in [0.15, 0.2) is 96.8 Å². The van der Waals surface area contributed by atoms with Crippen LogP contribution in [0.2, 0.25) is 0 Å². The first-order chi connectivity index (χ1) is 18.0. The zero-order chi connectivity index (χ0) is 26.2. The number of nitrogen functional groups attached to an aromatic ring is 1. The van der Waals surface area contributed by atoms with Crippen LogP contribution in [0.25, 0.3) is 17.2 Å². The Morgan fingerprint density at radius 1 is 1.05 bits per heavy atom. The van der Waals surface area contributed by atoms with Crippen LogP contribution in [0.5, 0.6) is 0 Å². The van der Waals surface area contributed by atoms with Crippen molar-refractivity contribution in [3.8, 4) is 0 Å². The molecular weight excluding hydrogens is 459 g/mol. The quantitative estimate of drug-likeness (QED) is 0.117. The smallest absolute Gasteiger partial charge is 0.214 e. The Morgan fingerprint density at radius 3 is 2.35 bits per heavy atom. The Balaban J connectivity index is 1.85. The maximum atomic E-state index is 14.1. The van der Waals surface area contributed by atoms with E-state index in [-0.39, 0.29) is 11.3 Å². The molecule has 0 bridgehead atoms. The van der Waals surface area contributed by atoms with Crippen LogP contribution in [0, 0.1) is 11.3 Å². The lowest BCUT2D eigenvalue weighted by Gasteiger charge is -2.31. The summed E-state index contributed by atoms with van der Waals surface area (Å²) in [7, 11) is 0. The summed E-state index contributed by atoms with van der Waals surface area (Å²) in [6.45, 7) is 5.68. The molecule has 188 valence electrons. The fourth-order valence-corrected chi connectivity index (χ4v) is 4.59. The van der Waals surface area contributed by atoms with E-state index >= 15 is 0 Å². The van der Waals surface area contributed by atoms with Crippen LogP contribution in [0.1, 0.15) is 60.4 Å². The molecule has 0 amide bonds. The number of hydrazone groups is 1. The van der Waals surface area contributed by atoms with Crippen molar-refractivity contribution in [2.24, 2.45) is 11.0 Å². The lowest BCUT2D eigenvalue weighted by Crippen LogP contribution is -2.15. The summed E-state index contributed by atoms with van der Waals surface area (Å²) in [6.07, 6.45) is 9.81. The molecular formula is C32H33FN4. The maximum Gasteiger partial charge on any atom is 0.214 e. The van der Waals surface area contributed by atoms with Crippen LogP contribution in [-0.2, 0) is 0 Å². The minimum absolute atomic E-state index is 0.120. The normalized spacial score (nSPS) is 14.7. The van der Waals surface area contributed by atoms with Gasteiger partial charge in [0.1, 0.15) is 0 Å². The number of rotatable bonds is 10. The van der Waals surface area contributed by atoms with Gasteiger partial charge in [-0.1, -0.05) is 86.7 Å². The number of nitrogens with two attached hydrogens (primary N) is 1. The van der Waals surface area contributed by atoms with Crippen molar-refractivity contribution >= 4 is 34.6 Å². The summed E-state index contributed by atoms with van der Waals surface area (Å²) < 4.78 is 14.1. The third-order valence-corrected chi connectivity index (χ3v) is 6.78. The standard InChI is InChI=1S/C32H33FN4/c1-3-27(37-36-4-2)19-15-22-13-16-25(17-14-22)31(26-18-20-29(34)28(21-26)32(33)35)30(24-11-8-12-24)23-9-6-5-7-10-23/h4-7,9-10,13-21,24,35-36H,2-3,8,11-12,34H2,1H3/b19-15+,31-30-,35-32?,37-27+. The van der Waals surface area contributed by atoms with Crippen LogP contribution >= 0.6 is 0 Å². The van der Waals surface area contributed by atoms with Gasteiger partial charge in [0.25, 0.3) is 0 Å². The van der Waals surface area contributed by atoms with Crippen molar-refractivity contribution in [3.63, 3.8) is 0 Å². The molecule has 0 aliphatic heterocycles. The highest BCUT2D eigenvalue weighted by Gasteiger charge is 2.27. The largest absolute Gasteiger partial charge is 0.398 e. The van der Waals surface area contributed by atoms with Crippen LogP contribution < -0.4 is 11.2 Å². The van der Waals surface area contributed by atoms with Gasteiger partial charge in [0.05, 0.1) is 11.3 Å². The van der Waals surface area contributed by atoms with Gasteiger partial charge in [0.2, 0.25) is 5.97 Å². The molecule has 0 spiro atoms. The van der Waals surface area contributed by atoms with E-state index in [0.29, 0.717) is 5.92 Å². The fourth-order valence-electron chi connectivity index (χ4n) is 4.59. The Labute approximate surface area is 218 Å². The van der Waals surface area contributed by atoms with Crippen molar-refractivity contribution in [3.05, 3.63) is 119 Å². The van der Waals surface area contributed by atoms with Crippen molar-refractivity contribution < 1.29 is 4.39 Å². The molecule has 1 aliphatic carbocycles. The van der Waals surface area contributed by atoms with E-state index in [1.54, 1.807) is 18.3 Å². The summed E-state index contributed by atoms with van der Waals surface area (Å²) >= 11 is 0. The monoisotopic (exact) mass is 492 g/mol. The van der Waals surface area contributed by atoms with Crippen molar-refractivity contribution in [2.75, 3.05) is 5.73 Å². The number of allylic oxidation sites excluding steroid dienone is 2. The topological polar surface area (TPSA) is 74.3 Å². The van der Waals surface area contributed by atoms with Crippen molar-refractivity contribution in [1.82, 2.24) is 5.43 Å². The van der Waals surface area contributed by atoms with Gasteiger partial charge < -0.3 is 5.73 Å². The predicted octanol–water partition coefficient (Wildman–Crippen LogP) is 7.84. The second-order valence-electron chi connectivity index (χ2n) is 9.14. The number of benzene rings is 3. The van der Waals surface area contributed by atoms with E-state index in [0.717, 1.165) is 47.2 Å². The minimum Gasteiger partial charge on any atom is -0.398 e. The van der Waals surface area contributed by atoms with E-state index in [1.807, 2.05) is 24.3 Å². The van der Waals surface area contributed by atoms with Gasteiger partial charge in [-0.3, -0.25) is 10.8 Å². The van der Waals surface area contributed by atoms with Gasteiger partial charge in [-0.15, -0.1) is 0 Å². The van der Waals surface area contributed by atoms with Crippen LogP contribution in [0.3, 0.4) is 0 Å². The highest BCUT2D eigenvalue weighted by Crippen LogP contribution is 2.45. The Kier molecular flexibility index (Phi) is 8.47. The molecule has 0 radical (unpaired) electrons. The number of anilines is 1. The molecule has 0 atom stereocenters. The van der Waals surface area contributed by atoms with Gasteiger partial charge >= 0.3 is 0 Å². The van der Waals surface area contributed by atoms with Gasteiger partial charge in [0.15, 0.2) is 0 Å². The Morgan fingerprint density at radius 2 is 1.76 bits per heavy atom. The number of halogens is 1. The zero-order valence-electron chi connectivity index (χ0n) is 21.2. The second-order valence-corrected chi connectivity index (χ2v) is 9.14. The van der Waals surface area contributed by atoms with Crippen molar-refractivity contribution in [1.29, 1.82) is 5.41 Å². The molecule has 5 heteroatoms. The molecule has 4 nitrogen and oxygen atoms in total. The van der Waals surface area contributed by atoms with E-state index in [4.69, 9.17) is 11.1 Å². The molecule has 37 heavy (non-hydrogen) atoms. The molecule has 0 unspecified atom stereocenters.